The molecule has 0 saturated carbocycles. The van der Waals surface area contributed by atoms with Crippen LogP contribution in [0, 0.1) is 19.8 Å². The lowest BCUT2D eigenvalue weighted by molar-refractivity contribution is 0.102. The Hall–Kier alpha value is -1.75. The molecule has 1 aliphatic carbocycles. The summed E-state index contributed by atoms with van der Waals surface area (Å²) in [6.07, 6.45) is 3.24. The molecule has 2 aromatic heterocycles. The van der Waals surface area contributed by atoms with Gasteiger partial charge in [0.15, 0.2) is 0 Å². The fourth-order valence-corrected chi connectivity index (χ4v) is 4.06. The Balaban J connectivity index is 1.83. The maximum absolute atomic E-state index is 12.5. The average molecular weight is 301 g/mol. The van der Waals surface area contributed by atoms with Gasteiger partial charge >= 0.3 is 0 Å². The summed E-state index contributed by atoms with van der Waals surface area (Å²) in [6.45, 7) is 6.07. The van der Waals surface area contributed by atoms with Crippen molar-refractivity contribution in [3.8, 4) is 0 Å². The summed E-state index contributed by atoms with van der Waals surface area (Å²) in [5, 5.41) is 4.81. The number of anilines is 1. The van der Waals surface area contributed by atoms with Crippen molar-refractivity contribution in [2.24, 2.45) is 5.92 Å². The molecule has 1 amide bonds. The highest BCUT2D eigenvalue weighted by Gasteiger charge is 2.23. The predicted molar refractivity (Wildman–Crippen MR) is 85.0 cm³/mol. The molecular formula is C16H19N3OS. The van der Waals surface area contributed by atoms with Crippen molar-refractivity contribution in [2.45, 2.75) is 40.0 Å². The first-order valence-electron chi connectivity index (χ1n) is 7.26. The second-order valence-electron chi connectivity index (χ2n) is 5.83. The first-order valence-corrected chi connectivity index (χ1v) is 8.14. The van der Waals surface area contributed by atoms with Crippen LogP contribution < -0.4 is 5.32 Å². The number of nitrogens with one attached hydrogen (secondary N) is 1. The van der Waals surface area contributed by atoms with Crippen molar-refractivity contribution in [3.63, 3.8) is 0 Å². The molecule has 0 spiro atoms. The van der Waals surface area contributed by atoms with Gasteiger partial charge in [-0.2, -0.15) is 0 Å². The molecule has 1 aliphatic rings. The highest BCUT2D eigenvalue weighted by atomic mass is 32.1. The largest absolute Gasteiger partial charge is 0.290 e. The van der Waals surface area contributed by atoms with Crippen LogP contribution in [0.25, 0.3) is 0 Å². The van der Waals surface area contributed by atoms with Crippen LogP contribution in [0.3, 0.4) is 0 Å². The molecule has 4 nitrogen and oxygen atoms in total. The summed E-state index contributed by atoms with van der Waals surface area (Å²) in [7, 11) is 0. The molecule has 0 fully saturated rings. The van der Waals surface area contributed by atoms with E-state index in [1.54, 1.807) is 11.3 Å². The fraction of sp³-hybridized carbons (Fsp3) is 0.438. The van der Waals surface area contributed by atoms with Crippen molar-refractivity contribution in [1.29, 1.82) is 0 Å². The Morgan fingerprint density at radius 1 is 1.33 bits per heavy atom. The van der Waals surface area contributed by atoms with Crippen molar-refractivity contribution >= 4 is 23.2 Å². The molecule has 5 heteroatoms. The average Bonchev–Trinajstić information content (AvgIpc) is 2.80. The molecule has 3 rings (SSSR count). The Morgan fingerprint density at radius 3 is 2.76 bits per heavy atom. The zero-order chi connectivity index (χ0) is 15.0. The van der Waals surface area contributed by atoms with Crippen LogP contribution in [0.5, 0.6) is 0 Å². The van der Waals surface area contributed by atoms with Crippen molar-refractivity contribution < 1.29 is 4.79 Å². The van der Waals surface area contributed by atoms with Crippen LogP contribution in [0.15, 0.2) is 11.4 Å². The lowest BCUT2D eigenvalue weighted by Gasteiger charge is -2.18. The van der Waals surface area contributed by atoms with Gasteiger partial charge in [0.25, 0.3) is 5.91 Å². The highest BCUT2D eigenvalue weighted by molar-refractivity contribution is 7.10. The van der Waals surface area contributed by atoms with Gasteiger partial charge in [0.2, 0.25) is 5.95 Å². The van der Waals surface area contributed by atoms with Gasteiger partial charge in [-0.3, -0.25) is 10.1 Å². The van der Waals surface area contributed by atoms with Crippen LogP contribution >= 0.6 is 11.3 Å². The van der Waals surface area contributed by atoms with Gasteiger partial charge in [-0.25, -0.2) is 9.97 Å². The Labute approximate surface area is 128 Å². The third-order valence-electron chi connectivity index (χ3n) is 3.85. The van der Waals surface area contributed by atoms with E-state index in [0.29, 0.717) is 5.95 Å². The molecule has 110 valence electrons. The van der Waals surface area contributed by atoms with Crippen molar-refractivity contribution in [1.82, 2.24) is 9.97 Å². The molecule has 1 unspecified atom stereocenters. The summed E-state index contributed by atoms with van der Waals surface area (Å²) in [6, 6.07) is 1.89. The van der Waals surface area contributed by atoms with Gasteiger partial charge in [0, 0.05) is 21.6 Å². The number of aromatic nitrogens is 2. The molecule has 0 aromatic carbocycles. The summed E-state index contributed by atoms with van der Waals surface area (Å²) in [5.41, 5.74) is 3.74. The lowest BCUT2D eigenvalue weighted by Crippen LogP contribution is -2.18. The van der Waals surface area contributed by atoms with E-state index in [1.165, 1.54) is 10.4 Å². The van der Waals surface area contributed by atoms with Gasteiger partial charge in [-0.05, 0) is 50.7 Å². The fourth-order valence-electron chi connectivity index (χ4n) is 2.82. The number of carbonyl (C=O) groups excluding carboxylic acids is 1. The van der Waals surface area contributed by atoms with E-state index in [1.807, 2.05) is 25.3 Å². The van der Waals surface area contributed by atoms with Gasteiger partial charge in [-0.15, -0.1) is 11.3 Å². The van der Waals surface area contributed by atoms with E-state index >= 15 is 0 Å². The molecule has 0 saturated heterocycles. The normalized spacial score (nSPS) is 17.4. The lowest BCUT2D eigenvalue weighted by atomic mass is 9.88. The molecule has 21 heavy (non-hydrogen) atoms. The molecule has 1 atom stereocenters. The zero-order valence-electron chi connectivity index (χ0n) is 12.6. The first-order chi connectivity index (χ1) is 10.0. The van der Waals surface area contributed by atoms with E-state index in [2.05, 4.69) is 22.2 Å². The number of thiophene rings is 1. The maximum atomic E-state index is 12.5. The summed E-state index contributed by atoms with van der Waals surface area (Å²) < 4.78 is 0. The van der Waals surface area contributed by atoms with Crippen LogP contribution in [-0.2, 0) is 12.8 Å². The SMILES string of the molecule is Cc1cc(C)nc(NC(=O)c2csc3c2CCC(C)C3)n1. The second-order valence-corrected chi connectivity index (χ2v) is 6.79. The van der Waals surface area contributed by atoms with Crippen LogP contribution in [-0.4, -0.2) is 15.9 Å². The monoisotopic (exact) mass is 301 g/mol. The Morgan fingerprint density at radius 2 is 2.05 bits per heavy atom. The van der Waals surface area contributed by atoms with Gasteiger partial charge < -0.3 is 0 Å². The third kappa shape index (κ3) is 2.97. The molecule has 0 aliphatic heterocycles. The van der Waals surface area contributed by atoms with E-state index in [-0.39, 0.29) is 5.91 Å². The Kier molecular flexibility index (Phi) is 3.76. The number of amides is 1. The van der Waals surface area contributed by atoms with Crippen molar-refractivity contribution in [3.05, 3.63) is 38.8 Å². The van der Waals surface area contributed by atoms with Gasteiger partial charge in [0.1, 0.15) is 0 Å². The summed E-state index contributed by atoms with van der Waals surface area (Å²) >= 11 is 1.70. The van der Waals surface area contributed by atoms with E-state index in [4.69, 9.17) is 0 Å². The van der Waals surface area contributed by atoms with E-state index in [0.717, 1.165) is 42.1 Å². The number of rotatable bonds is 2. The number of carbonyl (C=O) groups is 1. The zero-order valence-corrected chi connectivity index (χ0v) is 13.4. The maximum Gasteiger partial charge on any atom is 0.259 e. The second kappa shape index (κ2) is 5.56. The molecule has 0 bridgehead atoms. The van der Waals surface area contributed by atoms with E-state index in [9.17, 15) is 4.79 Å². The molecule has 2 aromatic rings. The van der Waals surface area contributed by atoms with Crippen molar-refractivity contribution in [2.75, 3.05) is 5.32 Å². The number of hydrogen-bond donors (Lipinski definition) is 1. The molecule has 0 radical (unpaired) electrons. The number of hydrogen-bond acceptors (Lipinski definition) is 4. The van der Waals surface area contributed by atoms with Crippen LogP contribution in [0.4, 0.5) is 5.95 Å². The van der Waals surface area contributed by atoms with Crippen LogP contribution in [0.1, 0.15) is 45.5 Å². The number of aryl methyl sites for hydroxylation is 2. The molecule has 1 N–H and O–H groups in total. The minimum Gasteiger partial charge on any atom is -0.290 e. The quantitative estimate of drug-likeness (QED) is 0.923. The Bertz CT molecular complexity index is 673. The highest BCUT2D eigenvalue weighted by Crippen LogP contribution is 2.33. The standard InChI is InChI=1S/C16H19N3OS/c1-9-4-5-12-13(8-21-14(12)6-9)15(20)19-16-17-10(2)7-11(3)18-16/h7-9H,4-6H2,1-3H3,(H,17,18,19,20). The minimum absolute atomic E-state index is 0.0907. The topological polar surface area (TPSA) is 54.9 Å². The molecule has 2 heterocycles. The van der Waals surface area contributed by atoms with Crippen LogP contribution in [0.2, 0.25) is 0 Å². The smallest absolute Gasteiger partial charge is 0.259 e. The van der Waals surface area contributed by atoms with Gasteiger partial charge in [-0.1, -0.05) is 6.92 Å². The predicted octanol–water partition coefficient (Wildman–Crippen LogP) is 3.53. The summed E-state index contributed by atoms with van der Waals surface area (Å²) in [4.78, 5) is 22.4. The minimum atomic E-state index is -0.0907. The third-order valence-corrected chi connectivity index (χ3v) is 4.91. The number of fused-ring (bicyclic) bond motifs is 1. The van der Waals surface area contributed by atoms with Gasteiger partial charge in [0.05, 0.1) is 5.56 Å². The number of nitrogens with zero attached hydrogens (tertiary/aromatic N) is 2. The first kappa shape index (κ1) is 14.2. The van der Waals surface area contributed by atoms with E-state index < -0.39 is 0 Å². The summed E-state index contributed by atoms with van der Waals surface area (Å²) in [5.74, 6) is 1.02. The molecular weight excluding hydrogens is 282 g/mol.